The van der Waals surface area contributed by atoms with Gasteiger partial charge in [0, 0.05) is 0 Å². The zero-order valence-corrected chi connectivity index (χ0v) is 22.8. The van der Waals surface area contributed by atoms with Gasteiger partial charge < -0.3 is 18.9 Å². The maximum absolute atomic E-state index is 12.6. The molecule has 0 unspecified atom stereocenters. The van der Waals surface area contributed by atoms with E-state index in [-0.39, 0.29) is 18.3 Å². The maximum Gasteiger partial charge on any atom is 0.343 e. The van der Waals surface area contributed by atoms with Gasteiger partial charge in [-0.05, 0) is 91.9 Å². The number of rotatable bonds is 15. The van der Waals surface area contributed by atoms with E-state index in [1.165, 1.54) is 11.8 Å². The van der Waals surface area contributed by atoms with Gasteiger partial charge in [-0.1, -0.05) is 32.4 Å². The van der Waals surface area contributed by atoms with E-state index in [4.69, 9.17) is 18.9 Å². The Bertz CT molecular complexity index is 1220. The molecule has 3 rings (SSSR count). The Morgan fingerprint density at radius 1 is 0.821 bits per heavy atom. The summed E-state index contributed by atoms with van der Waals surface area (Å²) in [7, 11) is 0. The Morgan fingerprint density at radius 3 is 2.23 bits per heavy atom. The van der Waals surface area contributed by atoms with Crippen molar-refractivity contribution in [2.24, 2.45) is 5.10 Å². The summed E-state index contributed by atoms with van der Waals surface area (Å²) in [5.41, 5.74) is 4.74. The highest BCUT2D eigenvalue weighted by Crippen LogP contribution is 2.29. The van der Waals surface area contributed by atoms with Crippen molar-refractivity contribution in [1.29, 1.82) is 0 Å². The molecule has 8 nitrogen and oxygen atoms in total. The fourth-order valence-electron chi connectivity index (χ4n) is 3.52. The molecule has 3 aromatic rings. The SMILES string of the molecule is CCCCc1ccc(OCC(=O)N/N=C\c2ccc(OC(=O)c3ccc(OCCC)cc3)c(OCC)c2)cc1. The van der Waals surface area contributed by atoms with Crippen LogP contribution in [0.2, 0.25) is 0 Å². The summed E-state index contributed by atoms with van der Waals surface area (Å²) in [6.07, 6.45) is 5.70. The molecular formula is C31H36N2O6. The summed E-state index contributed by atoms with van der Waals surface area (Å²) in [4.78, 5) is 24.8. The van der Waals surface area contributed by atoms with Crippen LogP contribution in [0.1, 0.15) is 61.5 Å². The minimum Gasteiger partial charge on any atom is -0.494 e. The average Bonchev–Trinajstić information content (AvgIpc) is 2.96. The van der Waals surface area contributed by atoms with E-state index in [9.17, 15) is 9.59 Å². The van der Waals surface area contributed by atoms with Crippen molar-refractivity contribution in [1.82, 2.24) is 5.43 Å². The summed E-state index contributed by atoms with van der Waals surface area (Å²) in [5.74, 6) is 1.09. The lowest BCUT2D eigenvalue weighted by Gasteiger charge is -2.12. The van der Waals surface area contributed by atoms with E-state index >= 15 is 0 Å². The summed E-state index contributed by atoms with van der Waals surface area (Å²) in [5, 5.41) is 3.99. The molecule has 3 aromatic carbocycles. The number of aryl methyl sites for hydroxylation is 1. The van der Waals surface area contributed by atoms with Crippen molar-refractivity contribution in [3.05, 3.63) is 83.4 Å². The first-order valence-corrected chi connectivity index (χ1v) is 13.3. The third-order valence-corrected chi connectivity index (χ3v) is 5.55. The number of esters is 1. The Kier molecular flexibility index (Phi) is 11.9. The van der Waals surface area contributed by atoms with Gasteiger partial charge in [0.05, 0.1) is 25.0 Å². The van der Waals surface area contributed by atoms with Gasteiger partial charge in [-0.3, -0.25) is 4.79 Å². The summed E-state index contributed by atoms with van der Waals surface area (Å²) in [6, 6.07) is 19.5. The molecule has 0 spiro atoms. The van der Waals surface area contributed by atoms with Gasteiger partial charge in [0.25, 0.3) is 5.91 Å². The van der Waals surface area contributed by atoms with Crippen LogP contribution in [0.4, 0.5) is 0 Å². The number of hydrazone groups is 1. The minimum atomic E-state index is -0.512. The fraction of sp³-hybridized carbons (Fsp3) is 0.323. The monoisotopic (exact) mass is 532 g/mol. The van der Waals surface area contributed by atoms with Crippen LogP contribution in [0, 0.1) is 0 Å². The van der Waals surface area contributed by atoms with Crippen molar-refractivity contribution in [3.8, 4) is 23.0 Å². The van der Waals surface area contributed by atoms with E-state index in [0.29, 0.717) is 41.6 Å². The lowest BCUT2D eigenvalue weighted by Crippen LogP contribution is -2.24. The van der Waals surface area contributed by atoms with E-state index in [1.54, 1.807) is 42.5 Å². The highest BCUT2D eigenvalue weighted by Gasteiger charge is 2.13. The minimum absolute atomic E-state index is 0.156. The predicted molar refractivity (Wildman–Crippen MR) is 151 cm³/mol. The molecule has 0 atom stereocenters. The molecule has 0 saturated heterocycles. The predicted octanol–water partition coefficient (Wildman–Crippen LogP) is 5.97. The Labute approximate surface area is 229 Å². The van der Waals surface area contributed by atoms with E-state index < -0.39 is 5.97 Å². The first-order chi connectivity index (χ1) is 19.0. The summed E-state index contributed by atoms with van der Waals surface area (Å²) >= 11 is 0. The second-order valence-corrected chi connectivity index (χ2v) is 8.73. The molecule has 0 aliphatic rings. The standard InChI is InChI=1S/C31H36N2O6/c1-4-7-8-23-9-14-27(15-10-23)38-22-30(34)33-32-21-24-11-18-28(29(20-24)36-6-3)39-31(35)25-12-16-26(17-13-25)37-19-5-2/h9-18,20-21H,4-8,19,22H2,1-3H3,(H,33,34)/b32-21-. The number of benzene rings is 3. The van der Waals surface area contributed by atoms with Gasteiger partial charge in [-0.15, -0.1) is 0 Å². The molecule has 0 bridgehead atoms. The third kappa shape index (κ3) is 9.81. The smallest absolute Gasteiger partial charge is 0.343 e. The summed E-state index contributed by atoms with van der Waals surface area (Å²) in [6.45, 7) is 6.86. The number of amides is 1. The number of carbonyl (C=O) groups excluding carboxylic acids is 2. The quantitative estimate of drug-likeness (QED) is 0.112. The lowest BCUT2D eigenvalue weighted by molar-refractivity contribution is -0.123. The number of hydrogen-bond donors (Lipinski definition) is 1. The zero-order chi connectivity index (χ0) is 27.9. The van der Waals surface area contributed by atoms with Gasteiger partial charge in [0.2, 0.25) is 0 Å². The molecule has 0 fully saturated rings. The van der Waals surface area contributed by atoms with Gasteiger partial charge in [-0.2, -0.15) is 5.10 Å². The van der Waals surface area contributed by atoms with Crippen LogP contribution in [0.15, 0.2) is 71.8 Å². The first kappa shape index (κ1) is 29.2. The van der Waals surface area contributed by atoms with Crippen molar-refractivity contribution in [2.45, 2.75) is 46.5 Å². The number of unbranched alkanes of at least 4 members (excludes halogenated alkanes) is 1. The second kappa shape index (κ2) is 15.8. The van der Waals surface area contributed by atoms with Gasteiger partial charge in [-0.25, -0.2) is 10.2 Å². The fourth-order valence-corrected chi connectivity index (χ4v) is 3.52. The van der Waals surface area contributed by atoms with Crippen LogP contribution < -0.4 is 24.4 Å². The van der Waals surface area contributed by atoms with Crippen molar-refractivity contribution in [3.63, 3.8) is 0 Å². The molecule has 0 aromatic heterocycles. The molecule has 1 N–H and O–H groups in total. The molecule has 1 amide bonds. The topological polar surface area (TPSA) is 95.5 Å². The van der Waals surface area contributed by atoms with Gasteiger partial charge in [0.1, 0.15) is 11.5 Å². The molecule has 0 aliphatic carbocycles. The van der Waals surface area contributed by atoms with E-state index in [1.807, 2.05) is 38.1 Å². The van der Waals surface area contributed by atoms with Gasteiger partial charge in [0.15, 0.2) is 18.1 Å². The Morgan fingerprint density at radius 2 is 1.54 bits per heavy atom. The maximum atomic E-state index is 12.6. The van der Waals surface area contributed by atoms with E-state index in [2.05, 4.69) is 17.5 Å². The number of nitrogens with one attached hydrogen (secondary N) is 1. The van der Waals surface area contributed by atoms with Crippen LogP contribution in [0.25, 0.3) is 0 Å². The molecular weight excluding hydrogens is 496 g/mol. The number of hydrogen-bond acceptors (Lipinski definition) is 7. The highest BCUT2D eigenvalue weighted by molar-refractivity contribution is 5.92. The molecule has 0 radical (unpaired) electrons. The molecule has 0 aliphatic heterocycles. The van der Waals surface area contributed by atoms with Crippen molar-refractivity contribution < 1.29 is 28.5 Å². The first-order valence-electron chi connectivity index (χ1n) is 13.3. The Hall–Kier alpha value is -4.33. The third-order valence-electron chi connectivity index (χ3n) is 5.55. The molecule has 206 valence electrons. The van der Waals surface area contributed by atoms with Crippen molar-refractivity contribution in [2.75, 3.05) is 19.8 Å². The molecule has 8 heteroatoms. The van der Waals surface area contributed by atoms with Crippen LogP contribution in [0.5, 0.6) is 23.0 Å². The molecule has 0 heterocycles. The summed E-state index contributed by atoms with van der Waals surface area (Å²) < 4.78 is 22.3. The Balaban J connectivity index is 1.53. The van der Waals surface area contributed by atoms with Crippen LogP contribution in [0.3, 0.4) is 0 Å². The number of ether oxygens (including phenoxy) is 4. The zero-order valence-electron chi connectivity index (χ0n) is 22.8. The number of nitrogens with zero attached hydrogens (tertiary/aromatic N) is 1. The molecule has 0 saturated carbocycles. The number of carbonyl (C=O) groups is 2. The van der Waals surface area contributed by atoms with Crippen molar-refractivity contribution >= 4 is 18.1 Å². The van der Waals surface area contributed by atoms with Crippen LogP contribution in [-0.2, 0) is 11.2 Å². The van der Waals surface area contributed by atoms with Crippen LogP contribution in [-0.4, -0.2) is 37.9 Å². The highest BCUT2D eigenvalue weighted by atomic mass is 16.6. The van der Waals surface area contributed by atoms with Gasteiger partial charge >= 0.3 is 5.97 Å². The second-order valence-electron chi connectivity index (χ2n) is 8.73. The molecule has 39 heavy (non-hydrogen) atoms. The normalized spacial score (nSPS) is 10.7. The van der Waals surface area contributed by atoms with E-state index in [0.717, 1.165) is 25.7 Å². The van der Waals surface area contributed by atoms with Crippen LogP contribution >= 0.6 is 0 Å². The lowest BCUT2D eigenvalue weighted by atomic mass is 10.1. The largest absolute Gasteiger partial charge is 0.494 e. The average molecular weight is 533 g/mol.